The standard InChI is InChI=1S/C8H15N/c1-5-6-8(4)9-7(2)3/h5-7,9H,1H2,2-4H3/b8-6-. The summed E-state index contributed by atoms with van der Waals surface area (Å²) in [6.45, 7) is 9.84. The van der Waals surface area contributed by atoms with Gasteiger partial charge < -0.3 is 5.32 Å². The lowest BCUT2D eigenvalue weighted by atomic mass is 10.3. The third-order valence-corrected chi connectivity index (χ3v) is 0.884. The second-order valence-corrected chi connectivity index (χ2v) is 2.38. The lowest BCUT2D eigenvalue weighted by molar-refractivity contribution is 0.669. The SMILES string of the molecule is C=C/C=C(/C)NC(C)C. The molecule has 0 aromatic heterocycles. The molecule has 0 heterocycles. The number of hydrogen-bond donors (Lipinski definition) is 1. The topological polar surface area (TPSA) is 12.0 Å². The zero-order chi connectivity index (χ0) is 7.28. The molecule has 1 heteroatoms. The van der Waals surface area contributed by atoms with E-state index >= 15 is 0 Å². The predicted molar refractivity (Wildman–Crippen MR) is 42.2 cm³/mol. The Morgan fingerprint density at radius 2 is 2.11 bits per heavy atom. The molecule has 0 saturated heterocycles. The Morgan fingerprint density at radius 1 is 1.56 bits per heavy atom. The summed E-state index contributed by atoms with van der Waals surface area (Å²) >= 11 is 0. The third kappa shape index (κ3) is 5.15. The van der Waals surface area contributed by atoms with Crippen LogP contribution in [0.2, 0.25) is 0 Å². The third-order valence-electron chi connectivity index (χ3n) is 0.884. The first-order valence-corrected chi connectivity index (χ1v) is 3.22. The lowest BCUT2D eigenvalue weighted by Crippen LogP contribution is -2.19. The minimum absolute atomic E-state index is 0.515. The van der Waals surface area contributed by atoms with Crippen molar-refractivity contribution in [3.05, 3.63) is 24.4 Å². The van der Waals surface area contributed by atoms with Gasteiger partial charge in [0.2, 0.25) is 0 Å². The highest BCUT2D eigenvalue weighted by molar-refractivity contribution is 5.06. The van der Waals surface area contributed by atoms with Gasteiger partial charge in [0.25, 0.3) is 0 Å². The highest BCUT2D eigenvalue weighted by Gasteiger charge is 1.88. The van der Waals surface area contributed by atoms with Crippen LogP contribution in [0.4, 0.5) is 0 Å². The van der Waals surface area contributed by atoms with Crippen LogP contribution in [-0.4, -0.2) is 6.04 Å². The van der Waals surface area contributed by atoms with E-state index < -0.39 is 0 Å². The predicted octanol–water partition coefficient (Wildman–Crippen LogP) is 2.07. The van der Waals surface area contributed by atoms with Gasteiger partial charge in [-0.05, 0) is 26.8 Å². The minimum Gasteiger partial charge on any atom is -0.386 e. The fraction of sp³-hybridized carbons (Fsp3) is 0.500. The average Bonchev–Trinajstić information content (AvgIpc) is 1.63. The molecule has 0 unspecified atom stereocenters. The smallest absolute Gasteiger partial charge is 0.0201 e. The summed E-state index contributed by atoms with van der Waals surface area (Å²) in [4.78, 5) is 0. The molecule has 0 fully saturated rings. The van der Waals surface area contributed by atoms with E-state index in [-0.39, 0.29) is 0 Å². The maximum Gasteiger partial charge on any atom is 0.0201 e. The molecule has 52 valence electrons. The van der Waals surface area contributed by atoms with Crippen LogP contribution in [0.5, 0.6) is 0 Å². The molecule has 0 spiro atoms. The molecule has 0 atom stereocenters. The highest BCUT2D eigenvalue weighted by atomic mass is 14.9. The maximum atomic E-state index is 3.59. The van der Waals surface area contributed by atoms with E-state index in [2.05, 4.69) is 25.7 Å². The van der Waals surface area contributed by atoms with Gasteiger partial charge >= 0.3 is 0 Å². The van der Waals surface area contributed by atoms with Crippen LogP contribution in [-0.2, 0) is 0 Å². The Morgan fingerprint density at radius 3 is 2.44 bits per heavy atom. The second-order valence-electron chi connectivity index (χ2n) is 2.38. The molecule has 0 saturated carbocycles. The van der Waals surface area contributed by atoms with Crippen molar-refractivity contribution in [3.8, 4) is 0 Å². The van der Waals surface area contributed by atoms with Crippen molar-refractivity contribution in [2.45, 2.75) is 26.8 Å². The van der Waals surface area contributed by atoms with Crippen molar-refractivity contribution in [2.24, 2.45) is 0 Å². The van der Waals surface area contributed by atoms with Crippen molar-refractivity contribution in [1.29, 1.82) is 0 Å². The van der Waals surface area contributed by atoms with Crippen LogP contribution in [0.15, 0.2) is 24.4 Å². The molecule has 1 nitrogen and oxygen atoms in total. The zero-order valence-electron chi connectivity index (χ0n) is 6.44. The second kappa shape index (κ2) is 4.19. The first-order chi connectivity index (χ1) is 4.16. The van der Waals surface area contributed by atoms with Gasteiger partial charge in [0, 0.05) is 11.7 Å². The van der Waals surface area contributed by atoms with E-state index in [1.165, 1.54) is 5.70 Å². The summed E-state index contributed by atoms with van der Waals surface area (Å²) in [7, 11) is 0. The fourth-order valence-electron chi connectivity index (χ4n) is 0.680. The quantitative estimate of drug-likeness (QED) is 0.569. The van der Waals surface area contributed by atoms with Gasteiger partial charge in [0.05, 0.1) is 0 Å². The van der Waals surface area contributed by atoms with E-state index in [0.29, 0.717) is 6.04 Å². The summed E-state index contributed by atoms with van der Waals surface area (Å²) in [6.07, 6.45) is 3.74. The highest BCUT2D eigenvalue weighted by Crippen LogP contribution is 1.88. The van der Waals surface area contributed by atoms with Crippen LogP contribution in [0.25, 0.3) is 0 Å². The van der Waals surface area contributed by atoms with E-state index in [0.717, 1.165) is 0 Å². The summed E-state index contributed by atoms with van der Waals surface area (Å²) in [6, 6.07) is 0.515. The number of nitrogens with one attached hydrogen (secondary N) is 1. The number of rotatable bonds is 3. The Balaban J connectivity index is 3.61. The van der Waals surface area contributed by atoms with Gasteiger partial charge in [0.1, 0.15) is 0 Å². The van der Waals surface area contributed by atoms with E-state index in [1.807, 2.05) is 13.0 Å². The first kappa shape index (κ1) is 8.28. The van der Waals surface area contributed by atoms with Gasteiger partial charge in [-0.15, -0.1) is 0 Å². The van der Waals surface area contributed by atoms with Crippen molar-refractivity contribution >= 4 is 0 Å². The minimum atomic E-state index is 0.515. The molecule has 9 heavy (non-hydrogen) atoms. The molecule has 0 amide bonds. The molecule has 1 N–H and O–H groups in total. The molecule has 0 radical (unpaired) electrons. The Kier molecular flexibility index (Phi) is 3.85. The molecule has 0 aromatic carbocycles. The summed E-state index contributed by atoms with van der Waals surface area (Å²) < 4.78 is 0. The maximum absolute atomic E-state index is 3.59. The molecule has 0 aliphatic heterocycles. The van der Waals surface area contributed by atoms with Crippen molar-refractivity contribution in [2.75, 3.05) is 0 Å². The Bertz CT molecular complexity index is 112. The van der Waals surface area contributed by atoms with Crippen molar-refractivity contribution in [3.63, 3.8) is 0 Å². The van der Waals surface area contributed by atoms with Crippen LogP contribution in [0.1, 0.15) is 20.8 Å². The molecule has 0 rings (SSSR count). The molecule has 0 bridgehead atoms. The molecular formula is C8H15N. The van der Waals surface area contributed by atoms with Gasteiger partial charge in [-0.25, -0.2) is 0 Å². The summed E-state index contributed by atoms with van der Waals surface area (Å²) in [5, 5.41) is 3.23. The fourth-order valence-corrected chi connectivity index (χ4v) is 0.680. The lowest BCUT2D eigenvalue weighted by Gasteiger charge is -2.08. The van der Waals surface area contributed by atoms with Gasteiger partial charge in [-0.2, -0.15) is 0 Å². The summed E-state index contributed by atoms with van der Waals surface area (Å²) in [5.74, 6) is 0. The van der Waals surface area contributed by atoms with Crippen LogP contribution >= 0.6 is 0 Å². The molecular weight excluding hydrogens is 110 g/mol. The van der Waals surface area contributed by atoms with Crippen molar-refractivity contribution < 1.29 is 0 Å². The monoisotopic (exact) mass is 125 g/mol. The average molecular weight is 125 g/mol. The van der Waals surface area contributed by atoms with E-state index in [4.69, 9.17) is 0 Å². The number of hydrogen-bond acceptors (Lipinski definition) is 1. The molecule has 0 aliphatic carbocycles. The molecule has 0 aromatic rings. The normalized spacial score (nSPS) is 11.8. The van der Waals surface area contributed by atoms with Gasteiger partial charge in [-0.3, -0.25) is 0 Å². The largest absolute Gasteiger partial charge is 0.386 e. The zero-order valence-corrected chi connectivity index (χ0v) is 6.44. The van der Waals surface area contributed by atoms with Gasteiger partial charge in [-0.1, -0.05) is 12.7 Å². The first-order valence-electron chi connectivity index (χ1n) is 3.22. The van der Waals surface area contributed by atoms with Crippen molar-refractivity contribution in [1.82, 2.24) is 5.32 Å². The number of allylic oxidation sites excluding steroid dienone is 3. The summed E-state index contributed by atoms with van der Waals surface area (Å²) in [5.41, 5.74) is 1.17. The van der Waals surface area contributed by atoms with Gasteiger partial charge in [0.15, 0.2) is 0 Å². The van der Waals surface area contributed by atoms with E-state index in [9.17, 15) is 0 Å². The van der Waals surface area contributed by atoms with Crippen LogP contribution in [0.3, 0.4) is 0 Å². The Labute approximate surface area is 57.5 Å². The molecule has 0 aliphatic rings. The van der Waals surface area contributed by atoms with E-state index in [1.54, 1.807) is 6.08 Å². The Hall–Kier alpha value is -0.720. The van der Waals surface area contributed by atoms with Crippen LogP contribution in [0, 0.1) is 0 Å². The van der Waals surface area contributed by atoms with Crippen LogP contribution < -0.4 is 5.32 Å².